The van der Waals surface area contributed by atoms with Crippen molar-refractivity contribution in [2.24, 2.45) is 5.92 Å². The summed E-state index contributed by atoms with van der Waals surface area (Å²) in [5.41, 5.74) is 8.65. The molecule has 0 saturated carbocycles. The Labute approximate surface area is 198 Å². The molecule has 0 N–H and O–H groups in total. The molecule has 0 heterocycles. The molecule has 1 unspecified atom stereocenters. The maximum atomic E-state index is 2.34. The smallest absolute Gasteiger partial charge is 1.00 e. The maximum Gasteiger partial charge on any atom is 2.00 e. The fourth-order valence-corrected chi connectivity index (χ4v) is 4.41. The molecule has 28 heavy (non-hydrogen) atoms. The van der Waals surface area contributed by atoms with Crippen molar-refractivity contribution in [3.05, 3.63) is 119 Å². The standard InChI is InChI=1S/C25H20.2ClH.Zr/c1-2-9-18(10-3-1)25(19-11-4-5-12-19)23-16-8-15-22-21-14-7-6-13-20(21)17-24(22)23;;;/h1-16,19,25H,17H2;2*1H;/q;;;+2/p-2. The number of hydrogen-bond donors (Lipinski definition) is 0. The van der Waals surface area contributed by atoms with Crippen LogP contribution in [-0.2, 0) is 32.6 Å². The maximum absolute atomic E-state index is 2.34. The number of allylic oxidation sites excluding steroid dienone is 4. The van der Waals surface area contributed by atoms with Crippen LogP contribution in [0, 0.1) is 5.92 Å². The molecule has 138 valence electrons. The van der Waals surface area contributed by atoms with Crippen LogP contribution < -0.4 is 24.8 Å². The second-order valence-corrected chi connectivity index (χ2v) is 6.94. The molecule has 3 aromatic rings. The Morgan fingerprint density at radius 2 is 1.32 bits per heavy atom. The number of fused-ring (bicyclic) bond motifs is 3. The van der Waals surface area contributed by atoms with Crippen LogP contribution in [0.3, 0.4) is 0 Å². The minimum Gasteiger partial charge on any atom is -1.00 e. The summed E-state index contributed by atoms with van der Waals surface area (Å²) in [4.78, 5) is 0. The molecule has 0 saturated heterocycles. The van der Waals surface area contributed by atoms with Crippen LogP contribution in [0.25, 0.3) is 11.1 Å². The van der Waals surface area contributed by atoms with Gasteiger partial charge < -0.3 is 24.8 Å². The zero-order chi connectivity index (χ0) is 16.6. The van der Waals surface area contributed by atoms with Gasteiger partial charge in [-0.25, -0.2) is 0 Å². The second kappa shape index (κ2) is 9.88. The largest absolute Gasteiger partial charge is 2.00 e. The molecular formula is C25H20Cl2Zr. The number of rotatable bonds is 3. The summed E-state index contributed by atoms with van der Waals surface area (Å²) in [6, 6.07) is 26.6. The van der Waals surface area contributed by atoms with Gasteiger partial charge in [0, 0.05) is 11.8 Å². The topological polar surface area (TPSA) is 0 Å². The zero-order valence-electron chi connectivity index (χ0n) is 15.4. The molecule has 0 amide bonds. The fourth-order valence-electron chi connectivity index (χ4n) is 4.41. The van der Waals surface area contributed by atoms with Crippen LogP contribution in [0.2, 0.25) is 0 Å². The Morgan fingerprint density at radius 1 is 0.679 bits per heavy atom. The first-order chi connectivity index (χ1) is 12.4. The zero-order valence-corrected chi connectivity index (χ0v) is 19.3. The van der Waals surface area contributed by atoms with E-state index in [0.29, 0.717) is 11.8 Å². The average Bonchev–Trinajstić information content (AvgIpc) is 3.31. The van der Waals surface area contributed by atoms with Crippen molar-refractivity contribution < 1.29 is 51.0 Å². The SMILES string of the molecule is C1=CC(C(c2ccccc2)c2cccc3c2Cc2ccccc2-3)C=C1.[Cl-].[Cl-].[Zr+2]. The molecular weight excluding hydrogens is 462 g/mol. The molecule has 0 aromatic heterocycles. The van der Waals surface area contributed by atoms with Crippen LogP contribution in [0.5, 0.6) is 0 Å². The molecule has 0 aliphatic heterocycles. The van der Waals surface area contributed by atoms with Crippen LogP contribution >= 0.6 is 0 Å². The summed E-state index contributed by atoms with van der Waals surface area (Å²) in [5.74, 6) is 0.804. The van der Waals surface area contributed by atoms with E-state index in [4.69, 9.17) is 0 Å². The molecule has 0 bridgehead atoms. The molecule has 3 aromatic carbocycles. The van der Waals surface area contributed by atoms with Gasteiger partial charge in [-0.15, -0.1) is 0 Å². The molecule has 5 rings (SSSR count). The molecule has 0 spiro atoms. The van der Waals surface area contributed by atoms with Crippen molar-refractivity contribution >= 4 is 0 Å². The van der Waals surface area contributed by atoms with E-state index in [1.165, 1.54) is 33.4 Å². The van der Waals surface area contributed by atoms with E-state index in [1.54, 1.807) is 0 Å². The van der Waals surface area contributed by atoms with Gasteiger partial charge in [-0.3, -0.25) is 0 Å². The third-order valence-electron chi connectivity index (χ3n) is 5.54. The molecule has 0 fully saturated rings. The monoisotopic (exact) mass is 480 g/mol. The first-order valence-electron chi connectivity index (χ1n) is 9.02. The van der Waals surface area contributed by atoms with Gasteiger partial charge in [0.15, 0.2) is 0 Å². The number of benzene rings is 3. The van der Waals surface area contributed by atoms with Gasteiger partial charge in [-0.2, -0.15) is 0 Å². The van der Waals surface area contributed by atoms with Crippen LogP contribution in [-0.4, -0.2) is 0 Å². The van der Waals surface area contributed by atoms with Crippen molar-refractivity contribution in [2.75, 3.05) is 0 Å². The summed E-state index contributed by atoms with van der Waals surface area (Å²) in [6.07, 6.45) is 10.1. The van der Waals surface area contributed by atoms with Crippen molar-refractivity contribution in [2.45, 2.75) is 12.3 Å². The van der Waals surface area contributed by atoms with E-state index >= 15 is 0 Å². The molecule has 2 aliphatic carbocycles. The van der Waals surface area contributed by atoms with Crippen LogP contribution in [0.4, 0.5) is 0 Å². The summed E-state index contributed by atoms with van der Waals surface area (Å²) in [6.45, 7) is 0. The molecule has 0 nitrogen and oxygen atoms in total. The predicted molar refractivity (Wildman–Crippen MR) is 105 cm³/mol. The third-order valence-corrected chi connectivity index (χ3v) is 5.54. The molecule has 0 radical (unpaired) electrons. The number of hydrogen-bond acceptors (Lipinski definition) is 0. The summed E-state index contributed by atoms with van der Waals surface area (Å²) < 4.78 is 0. The van der Waals surface area contributed by atoms with E-state index in [-0.39, 0.29) is 51.0 Å². The number of halogens is 2. The van der Waals surface area contributed by atoms with Gasteiger partial charge in [0.1, 0.15) is 0 Å². The van der Waals surface area contributed by atoms with Crippen LogP contribution in [0.15, 0.2) is 97.1 Å². The average molecular weight is 483 g/mol. The van der Waals surface area contributed by atoms with E-state index in [0.717, 1.165) is 6.42 Å². The normalized spacial score (nSPS) is 14.3. The minimum atomic E-state index is 0. The Hall–Kier alpha value is -1.40. The molecule has 3 heteroatoms. The van der Waals surface area contributed by atoms with Crippen molar-refractivity contribution in [1.29, 1.82) is 0 Å². The first kappa shape index (κ1) is 22.9. The summed E-state index contributed by atoms with van der Waals surface area (Å²) in [7, 11) is 0. The summed E-state index contributed by atoms with van der Waals surface area (Å²) >= 11 is 0. The van der Waals surface area contributed by atoms with Gasteiger partial charge in [-0.1, -0.05) is 97.1 Å². The Kier molecular flexibility index (Phi) is 8.08. The van der Waals surface area contributed by atoms with E-state index < -0.39 is 0 Å². The van der Waals surface area contributed by atoms with Gasteiger partial charge in [0.2, 0.25) is 0 Å². The van der Waals surface area contributed by atoms with E-state index in [1.807, 2.05) is 0 Å². The third kappa shape index (κ3) is 3.99. The second-order valence-electron chi connectivity index (χ2n) is 6.94. The predicted octanol–water partition coefficient (Wildman–Crippen LogP) is 0.137. The molecule has 2 aliphatic rings. The fraction of sp³-hybridized carbons (Fsp3) is 0.120. The van der Waals surface area contributed by atoms with Crippen molar-refractivity contribution in [1.82, 2.24) is 0 Å². The van der Waals surface area contributed by atoms with Crippen molar-refractivity contribution in [3.8, 4) is 11.1 Å². The van der Waals surface area contributed by atoms with Gasteiger partial charge in [0.05, 0.1) is 0 Å². The van der Waals surface area contributed by atoms with E-state index in [2.05, 4.69) is 97.1 Å². The molecule has 1 atom stereocenters. The Balaban J connectivity index is 0.000000934. The quantitative estimate of drug-likeness (QED) is 0.390. The summed E-state index contributed by atoms with van der Waals surface area (Å²) in [5, 5.41) is 0. The Morgan fingerprint density at radius 3 is 2.07 bits per heavy atom. The van der Waals surface area contributed by atoms with Gasteiger partial charge >= 0.3 is 26.2 Å². The van der Waals surface area contributed by atoms with Gasteiger partial charge in [-0.05, 0) is 39.8 Å². The minimum absolute atomic E-state index is 0. The first-order valence-corrected chi connectivity index (χ1v) is 9.02. The van der Waals surface area contributed by atoms with Gasteiger partial charge in [0.25, 0.3) is 0 Å². The Bertz CT molecular complexity index is 980. The van der Waals surface area contributed by atoms with E-state index in [9.17, 15) is 0 Å². The van der Waals surface area contributed by atoms with Crippen molar-refractivity contribution in [3.63, 3.8) is 0 Å². The van der Waals surface area contributed by atoms with Crippen LogP contribution in [0.1, 0.15) is 28.2 Å².